The summed E-state index contributed by atoms with van der Waals surface area (Å²) in [7, 11) is 0. The van der Waals surface area contributed by atoms with Gasteiger partial charge in [0.2, 0.25) is 0 Å². The zero-order valence-electron chi connectivity index (χ0n) is 35.4. The first-order chi connectivity index (χ1) is 29.6. The Hall–Kier alpha value is -7.31. The van der Waals surface area contributed by atoms with Gasteiger partial charge in [0.15, 0.2) is 0 Å². The molecule has 0 N–H and O–H groups in total. The molecule has 4 heterocycles. The van der Waals surface area contributed by atoms with Gasteiger partial charge in [-0.3, -0.25) is 4.57 Å². The van der Waals surface area contributed by atoms with Crippen LogP contribution in [-0.2, 0) is 5.41 Å². The molecule has 61 heavy (non-hydrogen) atoms. The molecule has 7 aromatic carbocycles. The van der Waals surface area contributed by atoms with Crippen molar-refractivity contribution < 1.29 is 4.74 Å². The average molecular weight is 794 g/mol. The first kappa shape index (κ1) is 36.7. The summed E-state index contributed by atoms with van der Waals surface area (Å²) in [5, 5.41) is 4.76. The largest absolute Gasteiger partial charge is 0.457 e. The molecule has 10 aromatic rings. The highest BCUT2D eigenvalue weighted by atomic mass is 16.5. The lowest BCUT2D eigenvalue weighted by Gasteiger charge is -2.25. The smallest absolute Gasteiger partial charge is 0.137 e. The fourth-order valence-corrected chi connectivity index (χ4v) is 9.77. The van der Waals surface area contributed by atoms with Crippen molar-refractivity contribution in [2.45, 2.75) is 47.0 Å². The molecular formula is C55H47N5O. The summed E-state index contributed by atoms with van der Waals surface area (Å²) in [4.78, 5) is 9.86. The second kappa shape index (κ2) is 13.9. The number of hydrogen-bond donors (Lipinski definition) is 0. The fraction of sp³-hybridized carbons (Fsp3) is 0.145. The lowest BCUT2D eigenvalue weighted by molar-refractivity contribution is 0.483. The second-order valence-corrected chi connectivity index (χ2v) is 17.5. The zero-order valence-corrected chi connectivity index (χ0v) is 35.4. The van der Waals surface area contributed by atoms with Crippen LogP contribution in [0, 0.1) is 20.8 Å². The fourth-order valence-electron chi connectivity index (χ4n) is 9.77. The monoisotopic (exact) mass is 793 g/mol. The Morgan fingerprint density at radius 1 is 0.525 bits per heavy atom. The van der Waals surface area contributed by atoms with Gasteiger partial charge in [-0.15, -0.1) is 0 Å². The molecule has 0 amide bonds. The minimum absolute atomic E-state index is 0.0482. The second-order valence-electron chi connectivity index (χ2n) is 17.5. The van der Waals surface area contributed by atoms with Gasteiger partial charge in [-0.1, -0.05) is 99.1 Å². The van der Waals surface area contributed by atoms with Crippen LogP contribution in [0.4, 0.5) is 22.7 Å². The minimum atomic E-state index is -0.0482. The number of benzene rings is 7. The SMILES string of the molecule is Cc1cc(C)c(N2CN(c3cccc(Oc4ccc5c6c(ccc7c8ccccc8n(-c8ccccc8)c76)n(-c6cc(C(C)(C)C)ccn6)c5c4)c3)c3ccccc32)c(C)c1. The number of aryl methyl sites for hydroxylation is 3. The highest BCUT2D eigenvalue weighted by molar-refractivity contribution is 6.26. The van der Waals surface area contributed by atoms with Gasteiger partial charge >= 0.3 is 0 Å². The molecule has 6 nitrogen and oxygen atoms in total. The maximum Gasteiger partial charge on any atom is 0.137 e. The molecule has 1 aliphatic heterocycles. The highest BCUT2D eigenvalue weighted by Gasteiger charge is 2.30. The van der Waals surface area contributed by atoms with Gasteiger partial charge in [0.1, 0.15) is 24.0 Å². The Balaban J connectivity index is 1.06. The molecule has 6 heteroatoms. The Morgan fingerprint density at radius 2 is 1.21 bits per heavy atom. The number of anilines is 4. The van der Waals surface area contributed by atoms with Crippen molar-refractivity contribution in [3.8, 4) is 23.0 Å². The minimum Gasteiger partial charge on any atom is -0.457 e. The predicted molar refractivity (Wildman–Crippen MR) is 254 cm³/mol. The predicted octanol–water partition coefficient (Wildman–Crippen LogP) is 14.5. The Bertz CT molecular complexity index is 3330. The Morgan fingerprint density at radius 3 is 2.00 bits per heavy atom. The quantitative estimate of drug-likeness (QED) is 0.168. The zero-order chi connectivity index (χ0) is 41.6. The van der Waals surface area contributed by atoms with Crippen molar-refractivity contribution in [1.82, 2.24) is 14.1 Å². The first-order valence-electron chi connectivity index (χ1n) is 21.1. The van der Waals surface area contributed by atoms with Crippen molar-refractivity contribution in [3.63, 3.8) is 0 Å². The summed E-state index contributed by atoms with van der Waals surface area (Å²) in [5.41, 5.74) is 15.3. The maximum atomic E-state index is 6.85. The lowest BCUT2D eigenvalue weighted by atomic mass is 9.88. The summed E-state index contributed by atoms with van der Waals surface area (Å²) < 4.78 is 11.6. The molecule has 0 fully saturated rings. The number of rotatable bonds is 6. The Labute approximate surface area is 356 Å². The van der Waals surface area contributed by atoms with Crippen molar-refractivity contribution in [1.29, 1.82) is 0 Å². The van der Waals surface area contributed by atoms with E-state index in [1.165, 1.54) is 66.5 Å². The number of fused-ring (bicyclic) bond motifs is 8. The summed E-state index contributed by atoms with van der Waals surface area (Å²) in [6, 6.07) is 56.6. The van der Waals surface area contributed by atoms with Gasteiger partial charge in [-0.05, 0) is 116 Å². The van der Waals surface area contributed by atoms with E-state index >= 15 is 0 Å². The van der Waals surface area contributed by atoms with E-state index in [9.17, 15) is 0 Å². The van der Waals surface area contributed by atoms with Crippen LogP contribution in [0.1, 0.15) is 43.0 Å². The van der Waals surface area contributed by atoms with E-state index in [1.807, 2.05) is 12.3 Å². The molecule has 11 rings (SSSR count). The van der Waals surface area contributed by atoms with Crippen LogP contribution in [0.3, 0.4) is 0 Å². The molecule has 0 atom stereocenters. The topological polar surface area (TPSA) is 38.5 Å². The molecule has 3 aromatic heterocycles. The summed E-state index contributed by atoms with van der Waals surface area (Å²) in [5.74, 6) is 2.41. The van der Waals surface area contributed by atoms with Gasteiger partial charge in [-0.2, -0.15) is 0 Å². The van der Waals surface area contributed by atoms with Gasteiger partial charge < -0.3 is 19.1 Å². The van der Waals surface area contributed by atoms with Crippen LogP contribution in [0.5, 0.6) is 11.5 Å². The van der Waals surface area contributed by atoms with Crippen LogP contribution < -0.4 is 14.5 Å². The van der Waals surface area contributed by atoms with E-state index in [0.717, 1.165) is 45.1 Å². The molecule has 1 aliphatic rings. The summed E-state index contributed by atoms with van der Waals surface area (Å²) in [6.07, 6.45) is 1.94. The number of pyridine rings is 1. The number of para-hydroxylation sites is 4. The number of hydrogen-bond acceptors (Lipinski definition) is 4. The van der Waals surface area contributed by atoms with Gasteiger partial charge in [0, 0.05) is 56.9 Å². The standard InChI is InChI=1S/C55H47N5O/c1-35-29-36(2)53(37(3)30-35)58-34-57(47-21-12-13-22-48(47)58)40-17-14-18-41(32-40)61-42-23-24-45-50(33-42)60(51-31-38(27-28-56-51)55(4,5)6)49-26-25-44-43-19-10-11-20-46(43)59(54(44)52(45)49)39-15-8-7-9-16-39/h7-33H,34H2,1-6H3. The average Bonchev–Trinajstić information content (AvgIpc) is 3.91. The molecule has 0 spiro atoms. The van der Waals surface area contributed by atoms with E-state index < -0.39 is 0 Å². The van der Waals surface area contributed by atoms with Crippen LogP contribution in [0.2, 0.25) is 0 Å². The highest BCUT2D eigenvalue weighted by Crippen LogP contribution is 2.47. The van der Waals surface area contributed by atoms with Crippen LogP contribution in [0.15, 0.2) is 164 Å². The summed E-state index contributed by atoms with van der Waals surface area (Å²) >= 11 is 0. The third kappa shape index (κ3) is 5.96. The van der Waals surface area contributed by atoms with Gasteiger partial charge in [0.25, 0.3) is 0 Å². The summed E-state index contributed by atoms with van der Waals surface area (Å²) in [6.45, 7) is 14.1. The molecule has 0 saturated heterocycles. The van der Waals surface area contributed by atoms with Crippen LogP contribution in [0.25, 0.3) is 55.1 Å². The number of ether oxygens (including phenoxy) is 1. The third-order valence-corrected chi connectivity index (χ3v) is 12.4. The molecule has 0 aliphatic carbocycles. The molecule has 298 valence electrons. The van der Waals surface area contributed by atoms with E-state index in [1.54, 1.807) is 0 Å². The van der Waals surface area contributed by atoms with Crippen molar-refractivity contribution in [2.75, 3.05) is 16.5 Å². The van der Waals surface area contributed by atoms with Crippen LogP contribution in [-0.4, -0.2) is 20.8 Å². The van der Waals surface area contributed by atoms with Crippen molar-refractivity contribution in [2.24, 2.45) is 0 Å². The van der Waals surface area contributed by atoms with E-state index in [0.29, 0.717) is 6.67 Å². The molecule has 0 saturated carbocycles. The number of aromatic nitrogens is 3. The third-order valence-electron chi connectivity index (χ3n) is 12.4. The van der Waals surface area contributed by atoms with E-state index in [-0.39, 0.29) is 5.41 Å². The maximum absolute atomic E-state index is 6.85. The lowest BCUT2D eigenvalue weighted by Crippen LogP contribution is -2.25. The molecule has 0 unspecified atom stereocenters. The van der Waals surface area contributed by atoms with E-state index in [2.05, 4.69) is 212 Å². The van der Waals surface area contributed by atoms with Crippen molar-refractivity contribution >= 4 is 66.4 Å². The number of nitrogens with zero attached hydrogens (tertiary/aromatic N) is 5. The molecular weight excluding hydrogens is 747 g/mol. The van der Waals surface area contributed by atoms with Gasteiger partial charge in [-0.25, -0.2) is 4.98 Å². The van der Waals surface area contributed by atoms with Gasteiger partial charge in [0.05, 0.1) is 33.4 Å². The van der Waals surface area contributed by atoms with Crippen molar-refractivity contribution in [3.05, 3.63) is 186 Å². The normalized spacial score (nSPS) is 13.0. The van der Waals surface area contributed by atoms with E-state index in [4.69, 9.17) is 9.72 Å². The van der Waals surface area contributed by atoms with Crippen LogP contribution >= 0.6 is 0 Å². The first-order valence-corrected chi connectivity index (χ1v) is 21.1. The molecule has 0 bridgehead atoms. The molecule has 0 radical (unpaired) electrons. The Kier molecular flexibility index (Phi) is 8.36.